The summed E-state index contributed by atoms with van der Waals surface area (Å²) in [7, 11) is 0. The van der Waals surface area contributed by atoms with Crippen LogP contribution in [0.1, 0.15) is 23.4 Å². The van der Waals surface area contributed by atoms with Crippen LogP contribution in [0.25, 0.3) is 0 Å². The molecule has 0 aromatic heterocycles. The molecule has 0 aliphatic rings. The van der Waals surface area contributed by atoms with E-state index in [2.05, 4.69) is 31.9 Å². The van der Waals surface area contributed by atoms with Crippen LogP contribution in [0.3, 0.4) is 0 Å². The molecular weight excluding hydrogens is 427 g/mol. The second-order valence-electron chi connectivity index (χ2n) is 4.15. The third kappa shape index (κ3) is 3.70. The Hall–Kier alpha value is -0.220. The molecule has 0 N–H and O–H groups in total. The zero-order valence-electron chi connectivity index (χ0n) is 10.7. The van der Waals surface area contributed by atoms with E-state index in [0.717, 1.165) is 25.8 Å². The van der Waals surface area contributed by atoms with Gasteiger partial charge in [0.15, 0.2) is 0 Å². The molecule has 0 fully saturated rings. The molecule has 0 saturated heterocycles. The van der Waals surface area contributed by atoms with Crippen LogP contribution >= 0.6 is 55.1 Å². The van der Waals surface area contributed by atoms with Crippen molar-refractivity contribution in [2.45, 2.75) is 12.3 Å². The lowest BCUT2D eigenvalue weighted by Crippen LogP contribution is -1.97. The molecule has 1 nitrogen and oxygen atoms in total. The molecule has 2 aromatic rings. The molecule has 0 bridgehead atoms. The lowest BCUT2D eigenvalue weighted by Gasteiger charge is -2.14. The van der Waals surface area contributed by atoms with Crippen LogP contribution in [0.4, 0.5) is 0 Å². The Kier molecular flexibility index (Phi) is 5.79. The van der Waals surface area contributed by atoms with Gasteiger partial charge in [-0.05, 0) is 58.2 Å². The molecule has 0 spiro atoms. The van der Waals surface area contributed by atoms with Crippen molar-refractivity contribution in [3.8, 4) is 5.75 Å². The van der Waals surface area contributed by atoms with Gasteiger partial charge in [-0.1, -0.05) is 39.7 Å². The minimum Gasteiger partial charge on any atom is -0.494 e. The van der Waals surface area contributed by atoms with Gasteiger partial charge < -0.3 is 4.74 Å². The van der Waals surface area contributed by atoms with Gasteiger partial charge >= 0.3 is 0 Å². The molecule has 1 atom stereocenters. The van der Waals surface area contributed by atoms with Gasteiger partial charge in [-0.3, -0.25) is 0 Å². The zero-order chi connectivity index (χ0) is 14.7. The molecule has 0 amide bonds. The van der Waals surface area contributed by atoms with Gasteiger partial charge in [-0.25, -0.2) is 0 Å². The summed E-state index contributed by atoms with van der Waals surface area (Å²) < 4.78 is 7.23. The predicted octanol–water partition coefficient (Wildman–Crippen LogP) is 6.59. The summed E-state index contributed by atoms with van der Waals surface area (Å²) in [5, 5.41) is 0.414. The number of hydrogen-bond acceptors (Lipinski definition) is 1. The van der Waals surface area contributed by atoms with Gasteiger partial charge in [0.25, 0.3) is 0 Å². The van der Waals surface area contributed by atoms with E-state index in [9.17, 15) is 0 Å². The van der Waals surface area contributed by atoms with Crippen LogP contribution in [-0.2, 0) is 0 Å². The van der Waals surface area contributed by atoms with Crippen LogP contribution in [0.2, 0.25) is 5.02 Å². The Balaban J connectivity index is 2.32. The summed E-state index contributed by atoms with van der Waals surface area (Å²) in [5.74, 6) is 0.823. The average molecular weight is 439 g/mol. The summed E-state index contributed by atoms with van der Waals surface area (Å²) in [4.78, 5) is 0. The molecule has 1 unspecified atom stereocenters. The summed E-state index contributed by atoms with van der Waals surface area (Å²) in [5.41, 5.74) is 1.97. The quantitative estimate of drug-likeness (QED) is 0.489. The van der Waals surface area contributed by atoms with Crippen molar-refractivity contribution in [1.82, 2.24) is 0 Å². The fourth-order valence-electron chi connectivity index (χ4n) is 1.82. The first kappa shape index (κ1) is 16.2. The fraction of sp³-hybridized carbons (Fsp3) is 0.200. The highest BCUT2D eigenvalue weighted by atomic mass is 79.9. The van der Waals surface area contributed by atoms with E-state index in [1.54, 1.807) is 0 Å². The predicted molar refractivity (Wildman–Crippen MR) is 92.2 cm³/mol. The standard InChI is InChI=1S/C15H12Br2Cl2O/c1-2-20-10-4-5-11(12(16)8-10)15(19)9-3-6-14(18)13(17)7-9/h3-8,15H,2H2,1H3. The second kappa shape index (κ2) is 7.17. The van der Waals surface area contributed by atoms with E-state index in [1.165, 1.54) is 0 Å². The number of hydrogen-bond donors (Lipinski definition) is 0. The van der Waals surface area contributed by atoms with E-state index < -0.39 is 0 Å². The molecule has 0 saturated carbocycles. The monoisotopic (exact) mass is 436 g/mol. The maximum absolute atomic E-state index is 6.56. The largest absolute Gasteiger partial charge is 0.494 e. The van der Waals surface area contributed by atoms with Crippen LogP contribution in [0.15, 0.2) is 45.3 Å². The molecule has 0 aliphatic carbocycles. The third-order valence-electron chi connectivity index (χ3n) is 2.79. The number of ether oxygens (including phenoxy) is 1. The first-order chi connectivity index (χ1) is 9.52. The number of alkyl halides is 1. The zero-order valence-corrected chi connectivity index (χ0v) is 15.4. The lowest BCUT2D eigenvalue weighted by molar-refractivity contribution is 0.340. The van der Waals surface area contributed by atoms with Gasteiger partial charge in [0, 0.05) is 8.95 Å². The topological polar surface area (TPSA) is 9.23 Å². The van der Waals surface area contributed by atoms with Gasteiger partial charge in [-0.15, -0.1) is 11.6 Å². The summed E-state index contributed by atoms with van der Waals surface area (Å²) in [6, 6.07) is 11.5. The molecule has 106 valence electrons. The van der Waals surface area contributed by atoms with Crippen molar-refractivity contribution in [3.63, 3.8) is 0 Å². The number of halogens is 4. The molecule has 20 heavy (non-hydrogen) atoms. The van der Waals surface area contributed by atoms with E-state index in [0.29, 0.717) is 11.6 Å². The van der Waals surface area contributed by atoms with Crippen LogP contribution < -0.4 is 4.74 Å². The van der Waals surface area contributed by atoms with Crippen molar-refractivity contribution in [1.29, 1.82) is 0 Å². The van der Waals surface area contributed by atoms with Gasteiger partial charge in [-0.2, -0.15) is 0 Å². The van der Waals surface area contributed by atoms with Crippen LogP contribution in [0.5, 0.6) is 5.75 Å². The smallest absolute Gasteiger partial charge is 0.120 e. The van der Waals surface area contributed by atoms with Crippen molar-refractivity contribution in [2.24, 2.45) is 0 Å². The Bertz CT molecular complexity index is 617. The fourth-order valence-corrected chi connectivity index (χ4v) is 3.38. The molecular formula is C15H12Br2Cl2O. The highest BCUT2D eigenvalue weighted by Gasteiger charge is 2.15. The van der Waals surface area contributed by atoms with E-state index in [1.807, 2.05) is 43.3 Å². The maximum atomic E-state index is 6.56. The van der Waals surface area contributed by atoms with E-state index in [-0.39, 0.29) is 5.38 Å². The van der Waals surface area contributed by atoms with Crippen molar-refractivity contribution in [2.75, 3.05) is 6.61 Å². The first-order valence-corrected chi connectivity index (χ1v) is 8.44. The Labute approximate surface area is 145 Å². The van der Waals surface area contributed by atoms with Gasteiger partial charge in [0.1, 0.15) is 5.75 Å². The molecule has 2 aromatic carbocycles. The molecule has 0 heterocycles. The van der Waals surface area contributed by atoms with Gasteiger partial charge in [0.2, 0.25) is 0 Å². The number of benzene rings is 2. The highest BCUT2D eigenvalue weighted by Crippen LogP contribution is 2.37. The highest BCUT2D eigenvalue weighted by molar-refractivity contribution is 9.10. The molecule has 0 aliphatic heterocycles. The minimum atomic E-state index is -0.256. The third-order valence-corrected chi connectivity index (χ3v) is 5.18. The van der Waals surface area contributed by atoms with Gasteiger partial charge in [0.05, 0.1) is 17.0 Å². The summed E-state index contributed by atoms with van der Waals surface area (Å²) in [6.45, 7) is 2.59. The summed E-state index contributed by atoms with van der Waals surface area (Å²) >= 11 is 19.5. The molecule has 5 heteroatoms. The SMILES string of the molecule is CCOc1ccc(C(Cl)c2ccc(Cl)c(Br)c2)c(Br)c1. The number of rotatable bonds is 4. The van der Waals surface area contributed by atoms with Crippen molar-refractivity contribution >= 4 is 55.1 Å². The Morgan fingerprint density at radius 1 is 1.10 bits per heavy atom. The van der Waals surface area contributed by atoms with Crippen LogP contribution in [-0.4, -0.2) is 6.61 Å². The molecule has 2 rings (SSSR count). The second-order valence-corrected chi connectivity index (χ2v) is 6.70. The van der Waals surface area contributed by atoms with Crippen LogP contribution in [0, 0.1) is 0 Å². The average Bonchev–Trinajstić information content (AvgIpc) is 2.42. The Morgan fingerprint density at radius 3 is 2.45 bits per heavy atom. The first-order valence-electron chi connectivity index (χ1n) is 6.04. The molecule has 0 radical (unpaired) electrons. The minimum absolute atomic E-state index is 0.256. The van der Waals surface area contributed by atoms with E-state index in [4.69, 9.17) is 27.9 Å². The lowest BCUT2D eigenvalue weighted by atomic mass is 10.0. The Morgan fingerprint density at radius 2 is 1.85 bits per heavy atom. The maximum Gasteiger partial charge on any atom is 0.120 e. The van der Waals surface area contributed by atoms with Crippen molar-refractivity contribution in [3.05, 3.63) is 61.5 Å². The normalized spacial score (nSPS) is 12.2. The summed E-state index contributed by atoms with van der Waals surface area (Å²) in [6.07, 6.45) is 0. The van der Waals surface area contributed by atoms with Crippen molar-refractivity contribution < 1.29 is 4.74 Å². The van der Waals surface area contributed by atoms with E-state index >= 15 is 0 Å².